The zero-order chi connectivity index (χ0) is 19.5. The zero-order valence-corrected chi connectivity index (χ0v) is 15.6. The number of amides is 1. The largest absolute Gasteiger partial charge is 0.350 e. The minimum absolute atomic E-state index is 0.0592. The fraction of sp³-hybridized carbons (Fsp3) is 0.0952. The van der Waals surface area contributed by atoms with E-state index in [0.717, 1.165) is 11.1 Å². The van der Waals surface area contributed by atoms with E-state index in [4.69, 9.17) is 0 Å². The minimum atomic E-state index is -0.386. The molecule has 0 fully saturated rings. The van der Waals surface area contributed by atoms with Gasteiger partial charge in [-0.15, -0.1) is 11.3 Å². The van der Waals surface area contributed by atoms with Gasteiger partial charge in [0.1, 0.15) is 17.2 Å². The van der Waals surface area contributed by atoms with Crippen LogP contribution in [0.25, 0.3) is 21.3 Å². The Labute approximate surface area is 164 Å². The number of hydrogen-bond acceptors (Lipinski definition) is 4. The van der Waals surface area contributed by atoms with Crippen molar-refractivity contribution < 1.29 is 9.18 Å². The fourth-order valence-electron chi connectivity index (χ4n) is 2.96. The molecule has 2 aromatic heterocycles. The van der Waals surface area contributed by atoms with Crippen molar-refractivity contribution in [2.75, 3.05) is 0 Å². The van der Waals surface area contributed by atoms with Crippen molar-refractivity contribution in [3.05, 3.63) is 88.0 Å². The van der Waals surface area contributed by atoms with E-state index in [0.29, 0.717) is 15.8 Å². The summed E-state index contributed by atoms with van der Waals surface area (Å²) in [7, 11) is 0. The molecule has 2 heterocycles. The van der Waals surface area contributed by atoms with Crippen LogP contribution in [0.1, 0.15) is 5.56 Å². The quantitative estimate of drug-likeness (QED) is 0.564. The fourth-order valence-corrected chi connectivity index (χ4v) is 3.86. The van der Waals surface area contributed by atoms with Crippen LogP contribution >= 0.6 is 11.3 Å². The molecular formula is C21H16FN3O2S. The van der Waals surface area contributed by atoms with Crippen LogP contribution in [0.5, 0.6) is 0 Å². The normalized spacial score (nSPS) is 10.9. The number of halogens is 1. The highest BCUT2D eigenvalue weighted by atomic mass is 32.1. The Hall–Kier alpha value is -3.32. The summed E-state index contributed by atoms with van der Waals surface area (Å²) in [6.07, 6.45) is 1.37. The van der Waals surface area contributed by atoms with Crippen LogP contribution in [-0.2, 0) is 17.9 Å². The van der Waals surface area contributed by atoms with Crippen LogP contribution in [0.2, 0.25) is 0 Å². The Morgan fingerprint density at radius 2 is 1.86 bits per heavy atom. The topological polar surface area (TPSA) is 64.0 Å². The van der Waals surface area contributed by atoms with E-state index < -0.39 is 0 Å². The maximum atomic E-state index is 13.7. The van der Waals surface area contributed by atoms with Crippen molar-refractivity contribution in [3.63, 3.8) is 0 Å². The second kappa shape index (κ2) is 7.74. The van der Waals surface area contributed by atoms with Crippen LogP contribution in [0.4, 0.5) is 4.39 Å². The number of carbonyl (C=O) groups is 1. The summed E-state index contributed by atoms with van der Waals surface area (Å²) in [5.74, 6) is -0.767. The molecule has 7 heteroatoms. The van der Waals surface area contributed by atoms with Gasteiger partial charge in [0.05, 0.1) is 11.7 Å². The first-order valence-corrected chi connectivity index (χ1v) is 9.53. The standard InChI is InChI=1S/C21H16FN3O2S/c22-17-9-5-4-8-15(17)10-23-18(26)11-25-13-24-20-19(21(25)27)16(12-28-20)14-6-2-1-3-7-14/h1-9,12-13H,10-11H2,(H,23,26). The van der Waals surface area contributed by atoms with Crippen molar-refractivity contribution in [2.45, 2.75) is 13.1 Å². The lowest BCUT2D eigenvalue weighted by molar-refractivity contribution is -0.121. The van der Waals surface area contributed by atoms with Gasteiger partial charge in [-0.25, -0.2) is 9.37 Å². The Morgan fingerprint density at radius 1 is 1.11 bits per heavy atom. The molecule has 4 aromatic rings. The molecule has 0 atom stereocenters. The number of fused-ring (bicyclic) bond motifs is 1. The lowest BCUT2D eigenvalue weighted by Crippen LogP contribution is -2.32. The summed E-state index contributed by atoms with van der Waals surface area (Å²) in [4.78, 5) is 30.1. The second-order valence-electron chi connectivity index (χ2n) is 6.24. The molecule has 1 N–H and O–H groups in total. The summed E-state index contributed by atoms with van der Waals surface area (Å²) in [6.45, 7) is -0.121. The Kier molecular flexibility index (Phi) is 4.99. The van der Waals surface area contributed by atoms with Gasteiger partial charge in [-0.3, -0.25) is 14.2 Å². The molecule has 28 heavy (non-hydrogen) atoms. The predicted octanol–water partition coefficient (Wildman–Crippen LogP) is 3.58. The zero-order valence-electron chi connectivity index (χ0n) is 14.8. The number of nitrogens with zero attached hydrogens (tertiary/aromatic N) is 2. The Balaban J connectivity index is 1.57. The first-order chi connectivity index (χ1) is 13.6. The van der Waals surface area contributed by atoms with Crippen LogP contribution in [0.15, 0.2) is 71.1 Å². The van der Waals surface area contributed by atoms with E-state index in [9.17, 15) is 14.0 Å². The SMILES string of the molecule is O=C(Cn1cnc2scc(-c3ccccc3)c2c1=O)NCc1ccccc1F. The molecule has 0 bridgehead atoms. The molecule has 140 valence electrons. The third-order valence-electron chi connectivity index (χ3n) is 4.39. The van der Waals surface area contributed by atoms with Crippen molar-refractivity contribution in [2.24, 2.45) is 0 Å². The summed E-state index contributed by atoms with van der Waals surface area (Å²) in [6, 6.07) is 15.8. The lowest BCUT2D eigenvalue weighted by Gasteiger charge is -2.08. The highest BCUT2D eigenvalue weighted by Crippen LogP contribution is 2.30. The van der Waals surface area contributed by atoms with Crippen molar-refractivity contribution in [3.8, 4) is 11.1 Å². The van der Waals surface area contributed by atoms with Crippen molar-refractivity contribution >= 4 is 27.5 Å². The number of hydrogen-bond donors (Lipinski definition) is 1. The van der Waals surface area contributed by atoms with E-state index in [1.807, 2.05) is 35.7 Å². The molecular weight excluding hydrogens is 377 g/mol. The third-order valence-corrected chi connectivity index (χ3v) is 5.28. The molecule has 0 aliphatic rings. The van der Waals surface area contributed by atoms with Crippen molar-refractivity contribution in [1.29, 1.82) is 0 Å². The van der Waals surface area contributed by atoms with Crippen LogP contribution < -0.4 is 10.9 Å². The number of rotatable bonds is 5. The molecule has 2 aromatic carbocycles. The molecule has 0 aliphatic carbocycles. The van der Waals surface area contributed by atoms with E-state index in [2.05, 4.69) is 10.3 Å². The first kappa shape index (κ1) is 18.1. The van der Waals surface area contributed by atoms with E-state index >= 15 is 0 Å². The number of nitrogens with one attached hydrogen (secondary N) is 1. The monoisotopic (exact) mass is 393 g/mol. The van der Waals surface area contributed by atoms with Gasteiger partial charge in [-0.2, -0.15) is 0 Å². The van der Waals surface area contributed by atoms with Crippen molar-refractivity contribution in [1.82, 2.24) is 14.9 Å². The van der Waals surface area contributed by atoms with Gasteiger partial charge in [-0.05, 0) is 11.6 Å². The van der Waals surface area contributed by atoms with Gasteiger partial charge in [0, 0.05) is 23.1 Å². The second-order valence-corrected chi connectivity index (χ2v) is 7.10. The molecule has 5 nitrogen and oxygen atoms in total. The highest BCUT2D eigenvalue weighted by Gasteiger charge is 2.14. The van der Waals surface area contributed by atoms with Crippen LogP contribution in [0, 0.1) is 5.82 Å². The van der Waals surface area contributed by atoms with E-state index in [1.165, 1.54) is 28.3 Å². The van der Waals surface area contributed by atoms with Crippen LogP contribution in [0.3, 0.4) is 0 Å². The molecule has 0 saturated carbocycles. The van der Waals surface area contributed by atoms with Gasteiger partial charge >= 0.3 is 0 Å². The van der Waals surface area contributed by atoms with Crippen LogP contribution in [-0.4, -0.2) is 15.5 Å². The smallest absolute Gasteiger partial charge is 0.263 e. The molecule has 0 radical (unpaired) electrons. The van der Waals surface area contributed by atoms with Gasteiger partial charge in [0.2, 0.25) is 5.91 Å². The van der Waals surface area contributed by atoms with E-state index in [1.54, 1.807) is 18.2 Å². The highest BCUT2D eigenvalue weighted by molar-refractivity contribution is 7.17. The van der Waals surface area contributed by atoms with Gasteiger partial charge in [0.15, 0.2) is 0 Å². The van der Waals surface area contributed by atoms with E-state index in [-0.39, 0.29) is 30.4 Å². The maximum absolute atomic E-state index is 13.7. The maximum Gasteiger partial charge on any atom is 0.263 e. The number of carbonyl (C=O) groups excluding carboxylic acids is 1. The molecule has 0 aliphatic heterocycles. The third kappa shape index (κ3) is 3.57. The predicted molar refractivity (Wildman–Crippen MR) is 108 cm³/mol. The first-order valence-electron chi connectivity index (χ1n) is 8.65. The lowest BCUT2D eigenvalue weighted by atomic mass is 10.1. The molecule has 0 saturated heterocycles. The van der Waals surface area contributed by atoms with Gasteiger partial charge in [-0.1, -0.05) is 48.5 Å². The van der Waals surface area contributed by atoms with Gasteiger partial charge in [0.25, 0.3) is 5.56 Å². The molecule has 4 rings (SSSR count). The molecule has 1 amide bonds. The molecule has 0 spiro atoms. The Morgan fingerprint density at radius 3 is 2.64 bits per heavy atom. The number of thiophene rings is 1. The average Bonchev–Trinajstić information content (AvgIpc) is 3.15. The summed E-state index contributed by atoms with van der Waals surface area (Å²) >= 11 is 1.39. The average molecular weight is 393 g/mol. The molecule has 0 unspecified atom stereocenters. The summed E-state index contributed by atoms with van der Waals surface area (Å²) in [5.41, 5.74) is 1.85. The Bertz CT molecular complexity index is 1200. The van der Waals surface area contributed by atoms with Gasteiger partial charge < -0.3 is 5.32 Å². The number of aromatic nitrogens is 2. The summed E-state index contributed by atoms with van der Waals surface area (Å²) in [5, 5.41) is 5.04. The number of benzene rings is 2. The minimum Gasteiger partial charge on any atom is -0.350 e. The summed E-state index contributed by atoms with van der Waals surface area (Å²) < 4.78 is 14.9.